The average molecular weight is 307 g/mol. The van der Waals surface area contributed by atoms with Crippen LogP contribution in [-0.4, -0.2) is 58.6 Å². The van der Waals surface area contributed by atoms with Gasteiger partial charge in [0, 0.05) is 11.5 Å². The molecular weight excluding hydrogens is 288 g/mol. The van der Waals surface area contributed by atoms with Crippen molar-refractivity contribution in [3.8, 4) is 0 Å². The fraction of sp³-hybridized carbons (Fsp3) is 0.538. The van der Waals surface area contributed by atoms with Gasteiger partial charge in [0.1, 0.15) is 5.71 Å². The highest BCUT2D eigenvalue weighted by molar-refractivity contribution is 6.13. The van der Waals surface area contributed by atoms with Crippen LogP contribution in [0.15, 0.2) is 33.9 Å². The molecule has 0 radical (unpaired) electrons. The van der Waals surface area contributed by atoms with E-state index in [-0.39, 0.29) is 11.7 Å². The number of hydrogen-bond donors (Lipinski definition) is 1. The van der Waals surface area contributed by atoms with Gasteiger partial charge in [-0.2, -0.15) is 0 Å². The lowest BCUT2D eigenvalue weighted by Gasteiger charge is -2.16. The van der Waals surface area contributed by atoms with Gasteiger partial charge in [-0.15, -0.1) is 0 Å². The minimum Gasteiger partial charge on any atom is -0.302 e. The molecule has 0 spiro atoms. The van der Waals surface area contributed by atoms with Crippen LogP contribution in [0.2, 0.25) is 0 Å². The van der Waals surface area contributed by atoms with E-state index in [0.717, 1.165) is 19.6 Å². The van der Waals surface area contributed by atoms with Gasteiger partial charge in [-0.1, -0.05) is 19.3 Å². The van der Waals surface area contributed by atoms with Gasteiger partial charge in [0.15, 0.2) is 4.87 Å². The average Bonchev–Trinajstić information content (AvgIpc) is 2.51. The molecule has 0 saturated carbocycles. The van der Waals surface area contributed by atoms with Gasteiger partial charge in [-0.25, -0.2) is 9.98 Å². The highest BCUT2D eigenvalue weighted by atomic mass is 16.6. The molecule has 2 rings (SSSR count). The van der Waals surface area contributed by atoms with Gasteiger partial charge in [-0.05, 0) is 25.2 Å². The van der Waals surface area contributed by atoms with E-state index in [1.807, 2.05) is 0 Å². The Balaban J connectivity index is 2.09. The topological polar surface area (TPSA) is 103 Å². The van der Waals surface area contributed by atoms with E-state index in [0.29, 0.717) is 17.1 Å². The molecule has 1 atom stereocenters. The summed E-state index contributed by atoms with van der Waals surface area (Å²) in [5.74, 6) is 0.221. The number of hydrogen-bond acceptors (Lipinski definition) is 5. The Morgan fingerprint density at radius 1 is 1.50 bits per heavy atom. The lowest BCUT2D eigenvalue weighted by molar-refractivity contribution is -0.541. The summed E-state index contributed by atoms with van der Waals surface area (Å²) in [6, 6.07) is -1.01. The molecule has 1 unspecified atom stereocenters. The largest absolute Gasteiger partial charge is 0.321 e. The van der Waals surface area contributed by atoms with Crippen molar-refractivity contribution >= 4 is 11.7 Å². The number of nitro groups is 1. The van der Waals surface area contributed by atoms with Crippen molar-refractivity contribution in [2.75, 3.05) is 26.2 Å². The first kappa shape index (κ1) is 16.0. The van der Waals surface area contributed by atoms with Crippen molar-refractivity contribution < 1.29 is 9.79 Å². The van der Waals surface area contributed by atoms with Crippen LogP contribution >= 0.6 is 0 Å². The molecule has 0 fully saturated rings. The Bertz CT molecular complexity index is 589. The summed E-state index contributed by atoms with van der Waals surface area (Å²) in [7, 11) is 0. The molecule has 1 aliphatic heterocycles. The Kier molecular flexibility index (Phi) is 5.10. The molecule has 22 heavy (non-hydrogen) atoms. The fourth-order valence-corrected chi connectivity index (χ4v) is 2.17. The van der Waals surface area contributed by atoms with Crippen molar-refractivity contribution in [3.63, 3.8) is 0 Å². The molecular formula is C13H19N6O3+. The van der Waals surface area contributed by atoms with Gasteiger partial charge in [0.05, 0.1) is 17.5 Å². The standard InChI is InChI=1S/C13H19N6O3/c1-3-17(4-2)8-7-14-13-15-11-6-5-10(19(21)22)9-12(11)18(20)16-13/h5-6,9-10H,3-4,7-8H2,1-2H3,(H,14,16,20)/q+1. The lowest BCUT2D eigenvalue weighted by atomic mass is 10.1. The SMILES string of the molecule is CCN(CC)CCN=C1N=C2C=CC([N+](=O)[O-])C=C2[N+](=O)N1. The van der Waals surface area contributed by atoms with Crippen molar-refractivity contribution in [1.82, 2.24) is 10.3 Å². The Morgan fingerprint density at radius 2 is 2.23 bits per heavy atom. The zero-order valence-electron chi connectivity index (χ0n) is 12.6. The highest BCUT2D eigenvalue weighted by Gasteiger charge is 2.36. The van der Waals surface area contributed by atoms with E-state index in [1.165, 1.54) is 18.2 Å². The second kappa shape index (κ2) is 7.03. The number of likely N-dealkylation sites (N-methyl/N-ethyl adjacent to an activating group) is 1. The molecule has 1 heterocycles. The van der Waals surface area contributed by atoms with Crippen LogP contribution in [0.3, 0.4) is 0 Å². The van der Waals surface area contributed by atoms with E-state index in [2.05, 4.69) is 34.2 Å². The first-order valence-corrected chi connectivity index (χ1v) is 7.18. The van der Waals surface area contributed by atoms with Crippen LogP contribution in [-0.2, 0) is 0 Å². The van der Waals surface area contributed by atoms with Crippen molar-refractivity contribution in [2.24, 2.45) is 9.98 Å². The van der Waals surface area contributed by atoms with E-state index >= 15 is 0 Å². The normalized spacial score (nSPS) is 22.2. The van der Waals surface area contributed by atoms with Crippen LogP contribution in [0.1, 0.15) is 13.8 Å². The summed E-state index contributed by atoms with van der Waals surface area (Å²) < 4.78 is 0. The number of allylic oxidation sites excluding steroid dienone is 1. The third kappa shape index (κ3) is 3.61. The van der Waals surface area contributed by atoms with Gasteiger partial charge in [0.2, 0.25) is 0 Å². The molecule has 9 heteroatoms. The van der Waals surface area contributed by atoms with Crippen LogP contribution in [0.25, 0.3) is 0 Å². The predicted molar refractivity (Wildman–Crippen MR) is 82.3 cm³/mol. The molecule has 118 valence electrons. The van der Waals surface area contributed by atoms with E-state index in [1.54, 1.807) is 0 Å². The Morgan fingerprint density at radius 3 is 2.86 bits per heavy atom. The van der Waals surface area contributed by atoms with Crippen molar-refractivity contribution in [2.45, 2.75) is 19.9 Å². The van der Waals surface area contributed by atoms with Crippen molar-refractivity contribution in [3.05, 3.63) is 38.9 Å². The van der Waals surface area contributed by atoms with Crippen LogP contribution in [0.5, 0.6) is 0 Å². The molecule has 2 aliphatic rings. The maximum atomic E-state index is 11.9. The molecule has 0 aromatic heterocycles. The smallest absolute Gasteiger partial charge is 0.302 e. The number of fused-ring (bicyclic) bond motifs is 1. The Hall–Kier alpha value is -2.42. The third-order valence-electron chi connectivity index (χ3n) is 3.50. The lowest BCUT2D eigenvalue weighted by Crippen LogP contribution is -2.41. The number of rotatable bonds is 6. The number of nitroso groups, excluding NO2 is 1. The molecule has 0 amide bonds. The molecule has 0 aromatic rings. The second-order valence-electron chi connectivity index (χ2n) is 4.82. The predicted octanol–water partition coefficient (Wildman–Crippen LogP) is 0.521. The number of nitrogens with zero attached hydrogens (tertiary/aromatic N) is 5. The third-order valence-corrected chi connectivity index (χ3v) is 3.50. The minimum absolute atomic E-state index is 0.145. The number of aliphatic imine (C=N–C) groups is 2. The van der Waals surface area contributed by atoms with Crippen LogP contribution in [0, 0.1) is 15.0 Å². The fourth-order valence-electron chi connectivity index (χ4n) is 2.17. The summed E-state index contributed by atoms with van der Waals surface area (Å²) >= 11 is 0. The number of hydrazine groups is 1. The van der Waals surface area contributed by atoms with E-state index in [4.69, 9.17) is 0 Å². The summed E-state index contributed by atoms with van der Waals surface area (Å²) in [5.41, 5.74) is 3.01. The highest BCUT2D eigenvalue weighted by Crippen LogP contribution is 2.14. The van der Waals surface area contributed by atoms with Crippen molar-refractivity contribution in [1.29, 1.82) is 0 Å². The van der Waals surface area contributed by atoms with Gasteiger partial charge >= 0.3 is 5.70 Å². The van der Waals surface area contributed by atoms with E-state index < -0.39 is 11.0 Å². The zero-order valence-corrected chi connectivity index (χ0v) is 12.6. The number of nitrogens with one attached hydrogen (secondary N) is 1. The van der Waals surface area contributed by atoms with Crippen LogP contribution < -0.4 is 5.43 Å². The van der Waals surface area contributed by atoms with Gasteiger partial charge in [-0.3, -0.25) is 10.1 Å². The van der Waals surface area contributed by atoms with Crippen LogP contribution in [0.4, 0.5) is 0 Å². The first-order chi connectivity index (χ1) is 10.5. The summed E-state index contributed by atoms with van der Waals surface area (Å²) in [4.78, 5) is 33.4. The second-order valence-corrected chi connectivity index (χ2v) is 4.82. The molecule has 0 bridgehead atoms. The molecule has 1 N–H and O–H groups in total. The molecule has 9 nitrogen and oxygen atoms in total. The minimum atomic E-state index is -1.01. The van der Waals surface area contributed by atoms with Gasteiger partial charge in [0.25, 0.3) is 12.0 Å². The van der Waals surface area contributed by atoms with E-state index in [9.17, 15) is 15.0 Å². The number of guanidine groups is 1. The maximum Gasteiger partial charge on any atom is 0.321 e. The molecule has 0 aromatic carbocycles. The van der Waals surface area contributed by atoms with Gasteiger partial charge < -0.3 is 4.90 Å². The molecule has 1 aliphatic carbocycles. The maximum absolute atomic E-state index is 11.9. The Labute approximate surface area is 127 Å². The summed E-state index contributed by atoms with van der Waals surface area (Å²) in [6.45, 7) is 7.33. The molecule has 0 saturated heterocycles. The zero-order chi connectivity index (χ0) is 16.1. The summed E-state index contributed by atoms with van der Waals surface area (Å²) in [5, 5.41) is 10.8. The monoisotopic (exact) mass is 307 g/mol. The first-order valence-electron chi connectivity index (χ1n) is 7.18. The quantitative estimate of drug-likeness (QED) is 0.438. The summed E-state index contributed by atoms with van der Waals surface area (Å²) in [6.07, 6.45) is 4.15.